The van der Waals surface area contributed by atoms with Crippen molar-refractivity contribution in [2.45, 2.75) is 25.0 Å². The number of carbonyl (C=O) groups is 1. The fraction of sp³-hybridized carbons (Fsp3) is 0.286. The molecule has 0 bridgehead atoms. The summed E-state index contributed by atoms with van der Waals surface area (Å²) in [5.74, 6) is 0.853. The third-order valence-electron chi connectivity index (χ3n) is 4.18. The van der Waals surface area contributed by atoms with Gasteiger partial charge in [0.1, 0.15) is 0 Å². The average molecular weight is 431 g/mol. The van der Waals surface area contributed by atoms with Crippen LogP contribution in [0.4, 0.5) is 0 Å². The minimum Gasteiger partial charge on any atom is -0.383 e. The van der Waals surface area contributed by atoms with Crippen molar-refractivity contribution in [1.29, 1.82) is 0 Å². The number of nitrogens with one attached hydrogen (secondary N) is 1. The Morgan fingerprint density at radius 1 is 1.17 bits per heavy atom. The number of aromatic nitrogens is 3. The summed E-state index contributed by atoms with van der Waals surface area (Å²) in [5.41, 5.74) is 2.99. The molecule has 1 N–H and O–H groups in total. The molecule has 0 saturated carbocycles. The largest absolute Gasteiger partial charge is 0.383 e. The third-order valence-corrected chi connectivity index (χ3v) is 5.37. The Kier molecular flexibility index (Phi) is 7.30. The van der Waals surface area contributed by atoms with E-state index >= 15 is 0 Å². The molecule has 2 aromatic carbocycles. The molecule has 3 aromatic rings. The third kappa shape index (κ3) is 5.59. The normalized spacial score (nSPS) is 12.0. The SMILES string of the molecule is COCC(C)NC(=O)CSc1nnc(-c2ccc(Cl)cc2)n1-c1ccc(C)cc1. The minimum atomic E-state index is -0.0777. The molecule has 0 aliphatic carbocycles. The van der Waals surface area contributed by atoms with Gasteiger partial charge in [-0.05, 0) is 50.2 Å². The fourth-order valence-corrected chi connectivity index (χ4v) is 3.70. The lowest BCUT2D eigenvalue weighted by Gasteiger charge is -2.13. The van der Waals surface area contributed by atoms with Crippen LogP contribution in [0.15, 0.2) is 53.7 Å². The van der Waals surface area contributed by atoms with Crippen LogP contribution >= 0.6 is 23.4 Å². The van der Waals surface area contributed by atoms with Crippen LogP contribution in [0, 0.1) is 6.92 Å². The molecule has 0 saturated heterocycles. The second kappa shape index (κ2) is 9.91. The smallest absolute Gasteiger partial charge is 0.230 e. The van der Waals surface area contributed by atoms with Crippen LogP contribution < -0.4 is 5.32 Å². The summed E-state index contributed by atoms with van der Waals surface area (Å²) < 4.78 is 7.01. The Morgan fingerprint density at radius 3 is 2.52 bits per heavy atom. The average Bonchev–Trinajstić information content (AvgIpc) is 3.11. The highest BCUT2D eigenvalue weighted by molar-refractivity contribution is 7.99. The topological polar surface area (TPSA) is 69.0 Å². The molecular formula is C21H23ClN4O2S. The zero-order valence-electron chi connectivity index (χ0n) is 16.6. The number of benzene rings is 2. The van der Waals surface area contributed by atoms with Crippen LogP contribution in [-0.4, -0.2) is 46.2 Å². The Labute approximate surface area is 179 Å². The van der Waals surface area contributed by atoms with Crippen LogP contribution in [0.25, 0.3) is 17.1 Å². The Balaban J connectivity index is 1.88. The van der Waals surface area contributed by atoms with Gasteiger partial charge in [-0.25, -0.2) is 0 Å². The highest BCUT2D eigenvalue weighted by Crippen LogP contribution is 2.28. The van der Waals surface area contributed by atoms with E-state index in [1.807, 2.05) is 66.9 Å². The number of carbonyl (C=O) groups excluding carboxylic acids is 1. The van der Waals surface area contributed by atoms with Gasteiger partial charge in [0.15, 0.2) is 11.0 Å². The molecule has 0 spiro atoms. The van der Waals surface area contributed by atoms with E-state index in [-0.39, 0.29) is 17.7 Å². The van der Waals surface area contributed by atoms with E-state index in [1.54, 1.807) is 7.11 Å². The van der Waals surface area contributed by atoms with Crippen molar-refractivity contribution < 1.29 is 9.53 Å². The molecule has 3 rings (SSSR count). The highest BCUT2D eigenvalue weighted by Gasteiger charge is 2.18. The lowest BCUT2D eigenvalue weighted by Crippen LogP contribution is -2.36. The highest BCUT2D eigenvalue weighted by atomic mass is 35.5. The zero-order valence-corrected chi connectivity index (χ0v) is 18.1. The number of hydrogen-bond acceptors (Lipinski definition) is 5. The lowest BCUT2D eigenvalue weighted by molar-refractivity contribution is -0.119. The molecule has 1 atom stereocenters. The van der Waals surface area contributed by atoms with Crippen molar-refractivity contribution in [3.63, 3.8) is 0 Å². The summed E-state index contributed by atoms with van der Waals surface area (Å²) in [6.07, 6.45) is 0. The Morgan fingerprint density at radius 2 is 1.86 bits per heavy atom. The fourth-order valence-electron chi connectivity index (χ4n) is 2.81. The number of amides is 1. The Bertz CT molecular complexity index is 958. The minimum absolute atomic E-state index is 0.0484. The number of thioether (sulfide) groups is 1. The van der Waals surface area contributed by atoms with E-state index < -0.39 is 0 Å². The van der Waals surface area contributed by atoms with Crippen LogP contribution in [-0.2, 0) is 9.53 Å². The number of aryl methyl sites for hydroxylation is 1. The van der Waals surface area contributed by atoms with E-state index in [4.69, 9.17) is 16.3 Å². The summed E-state index contributed by atoms with van der Waals surface area (Å²) in [4.78, 5) is 12.2. The van der Waals surface area contributed by atoms with E-state index in [0.29, 0.717) is 22.6 Å². The first-order valence-electron chi connectivity index (χ1n) is 9.17. The van der Waals surface area contributed by atoms with Crippen molar-refractivity contribution in [2.75, 3.05) is 19.5 Å². The molecule has 152 valence electrons. The second-order valence-electron chi connectivity index (χ2n) is 6.70. The predicted molar refractivity (Wildman–Crippen MR) is 117 cm³/mol. The molecular weight excluding hydrogens is 408 g/mol. The molecule has 1 unspecified atom stereocenters. The lowest BCUT2D eigenvalue weighted by atomic mass is 10.2. The molecule has 6 nitrogen and oxygen atoms in total. The molecule has 29 heavy (non-hydrogen) atoms. The van der Waals surface area contributed by atoms with Crippen LogP contribution in [0.3, 0.4) is 0 Å². The van der Waals surface area contributed by atoms with E-state index in [0.717, 1.165) is 16.8 Å². The number of nitrogens with zero attached hydrogens (tertiary/aromatic N) is 3. The summed E-state index contributed by atoms with van der Waals surface area (Å²) in [5, 5.41) is 12.9. The van der Waals surface area contributed by atoms with Gasteiger partial charge in [-0.1, -0.05) is 41.1 Å². The monoisotopic (exact) mass is 430 g/mol. The van der Waals surface area contributed by atoms with Gasteiger partial charge in [0.25, 0.3) is 0 Å². The quantitative estimate of drug-likeness (QED) is 0.544. The van der Waals surface area contributed by atoms with Gasteiger partial charge in [0.05, 0.1) is 12.4 Å². The van der Waals surface area contributed by atoms with Crippen molar-refractivity contribution >= 4 is 29.3 Å². The van der Waals surface area contributed by atoms with Crippen molar-refractivity contribution in [3.05, 3.63) is 59.1 Å². The van der Waals surface area contributed by atoms with E-state index in [1.165, 1.54) is 11.8 Å². The first-order chi connectivity index (χ1) is 14.0. The van der Waals surface area contributed by atoms with Crippen LogP contribution in [0.2, 0.25) is 5.02 Å². The molecule has 0 aliphatic rings. The second-order valence-corrected chi connectivity index (χ2v) is 8.08. The maximum atomic E-state index is 12.2. The van der Waals surface area contributed by atoms with Gasteiger partial charge >= 0.3 is 0 Å². The molecule has 0 radical (unpaired) electrons. The van der Waals surface area contributed by atoms with Crippen LogP contribution in [0.1, 0.15) is 12.5 Å². The standard InChI is InChI=1S/C21H23ClN4O2S/c1-14-4-10-18(11-5-14)26-20(16-6-8-17(22)9-7-16)24-25-21(26)29-13-19(27)23-15(2)12-28-3/h4-11,15H,12-13H2,1-3H3,(H,23,27). The zero-order chi connectivity index (χ0) is 20.8. The number of methoxy groups -OCH3 is 1. The van der Waals surface area contributed by atoms with E-state index in [2.05, 4.69) is 15.5 Å². The number of hydrogen-bond donors (Lipinski definition) is 1. The van der Waals surface area contributed by atoms with Gasteiger partial charge < -0.3 is 10.1 Å². The summed E-state index contributed by atoms with van der Waals surface area (Å²) >= 11 is 7.37. The van der Waals surface area contributed by atoms with Gasteiger partial charge in [-0.2, -0.15) is 0 Å². The molecule has 8 heteroatoms. The molecule has 0 aliphatic heterocycles. The number of halogens is 1. The van der Waals surface area contributed by atoms with E-state index in [9.17, 15) is 4.79 Å². The van der Waals surface area contributed by atoms with Gasteiger partial charge in [-0.15, -0.1) is 10.2 Å². The first kappa shape index (κ1) is 21.4. The van der Waals surface area contributed by atoms with Gasteiger partial charge in [0.2, 0.25) is 5.91 Å². The van der Waals surface area contributed by atoms with Gasteiger partial charge in [-0.3, -0.25) is 9.36 Å². The Hall–Kier alpha value is -2.35. The van der Waals surface area contributed by atoms with Gasteiger partial charge in [0, 0.05) is 29.4 Å². The van der Waals surface area contributed by atoms with Crippen molar-refractivity contribution in [3.8, 4) is 17.1 Å². The predicted octanol–water partition coefficient (Wildman–Crippen LogP) is 4.14. The summed E-state index contributed by atoms with van der Waals surface area (Å²) in [6, 6.07) is 15.5. The number of rotatable bonds is 8. The molecule has 1 aromatic heterocycles. The maximum absolute atomic E-state index is 12.2. The summed E-state index contributed by atoms with van der Waals surface area (Å²) in [7, 11) is 1.61. The molecule has 1 heterocycles. The first-order valence-corrected chi connectivity index (χ1v) is 10.5. The molecule has 1 amide bonds. The van der Waals surface area contributed by atoms with Crippen molar-refractivity contribution in [1.82, 2.24) is 20.1 Å². The van der Waals surface area contributed by atoms with Crippen molar-refractivity contribution in [2.24, 2.45) is 0 Å². The molecule has 0 fully saturated rings. The maximum Gasteiger partial charge on any atom is 0.230 e. The number of ether oxygens (including phenoxy) is 1. The summed E-state index contributed by atoms with van der Waals surface area (Å²) in [6.45, 7) is 4.41. The van der Waals surface area contributed by atoms with Crippen LogP contribution in [0.5, 0.6) is 0 Å².